The molecule has 19 nitrogen and oxygen atoms in total. The number of esters is 4. The molecule has 0 bridgehead atoms. The van der Waals surface area contributed by atoms with E-state index in [9.17, 15) is 43.5 Å². The van der Waals surface area contributed by atoms with E-state index < -0.39 is 109 Å². The number of unbranched alkanes of at least 4 members (excludes halogenated alkanes) is 28. The van der Waals surface area contributed by atoms with Crippen molar-refractivity contribution in [3.05, 3.63) is 0 Å². The first-order chi connectivity index (χ1) is 39.0. The molecular formula is C62H112N4O15. The highest BCUT2D eigenvalue weighted by molar-refractivity contribution is 5.92. The van der Waals surface area contributed by atoms with Crippen molar-refractivity contribution in [1.82, 2.24) is 16.0 Å². The molecule has 0 aromatic rings. The molecule has 1 aliphatic rings. The fourth-order valence-electron chi connectivity index (χ4n) is 9.95. The molecule has 81 heavy (non-hydrogen) atoms. The number of aliphatic hydroxyl groups excluding tert-OH is 1. The summed E-state index contributed by atoms with van der Waals surface area (Å²) in [4.78, 5) is 104. The van der Waals surface area contributed by atoms with Crippen LogP contribution in [0.1, 0.15) is 279 Å². The van der Waals surface area contributed by atoms with E-state index in [1.165, 1.54) is 137 Å². The van der Waals surface area contributed by atoms with Crippen LogP contribution in [0.4, 0.5) is 0 Å². The highest BCUT2D eigenvalue weighted by Crippen LogP contribution is 2.28. The largest absolute Gasteiger partial charge is 0.469 e. The topological polar surface area (TPSA) is 274 Å². The summed E-state index contributed by atoms with van der Waals surface area (Å²) in [5.74, 6) is -5.56. The number of hydrogen-bond donors (Lipinski definition) is 5. The summed E-state index contributed by atoms with van der Waals surface area (Å²) in [5.41, 5.74) is 5.46. The maximum Gasteiger partial charge on any atom is 0.311 e. The third-order valence-corrected chi connectivity index (χ3v) is 15.0. The predicted octanol–water partition coefficient (Wildman–Crippen LogP) is 10.5. The van der Waals surface area contributed by atoms with Gasteiger partial charge in [0.15, 0.2) is 0 Å². The number of hydrogen-bond acceptors (Lipinski definition) is 15. The number of nitrogens with two attached hydrogens (primary N) is 1. The van der Waals surface area contributed by atoms with E-state index in [4.69, 9.17) is 29.4 Å². The summed E-state index contributed by atoms with van der Waals surface area (Å²) in [5, 5.41) is 19.4. The molecule has 470 valence electrons. The fourth-order valence-corrected chi connectivity index (χ4v) is 9.95. The van der Waals surface area contributed by atoms with Crippen molar-refractivity contribution in [3.8, 4) is 0 Å². The Morgan fingerprint density at radius 3 is 1.47 bits per heavy atom. The molecular weight excluding hydrogens is 1040 g/mol. The maximum absolute atomic E-state index is 14.1. The van der Waals surface area contributed by atoms with E-state index in [0.29, 0.717) is 25.7 Å². The average Bonchev–Trinajstić information content (AvgIpc) is 3.47. The van der Waals surface area contributed by atoms with Crippen LogP contribution in [-0.2, 0) is 66.8 Å². The molecule has 19 heteroatoms. The van der Waals surface area contributed by atoms with Gasteiger partial charge in [-0.1, -0.05) is 201 Å². The molecule has 0 spiro atoms. The van der Waals surface area contributed by atoms with Crippen LogP contribution in [0.15, 0.2) is 0 Å². The first-order valence-electron chi connectivity index (χ1n) is 31.7. The Morgan fingerprint density at radius 1 is 0.556 bits per heavy atom. The lowest BCUT2D eigenvalue weighted by Gasteiger charge is -2.44. The van der Waals surface area contributed by atoms with Gasteiger partial charge in [-0.15, -0.1) is 0 Å². The highest BCUT2D eigenvalue weighted by atomic mass is 16.7. The van der Waals surface area contributed by atoms with Crippen LogP contribution >= 0.6 is 0 Å². The number of rotatable bonds is 51. The van der Waals surface area contributed by atoms with E-state index in [-0.39, 0.29) is 32.1 Å². The molecule has 1 saturated heterocycles. The molecule has 0 aromatic heterocycles. The number of nitrogens with one attached hydrogen (secondary N) is 3. The molecule has 1 aliphatic heterocycles. The van der Waals surface area contributed by atoms with Gasteiger partial charge in [0.25, 0.3) is 0 Å². The van der Waals surface area contributed by atoms with Gasteiger partial charge >= 0.3 is 23.9 Å². The molecule has 4 amide bonds. The number of methoxy groups -OCH3 is 1. The lowest BCUT2D eigenvalue weighted by Crippen LogP contribution is -2.66. The second-order valence-corrected chi connectivity index (χ2v) is 22.5. The molecule has 9 atom stereocenters. The van der Waals surface area contributed by atoms with Gasteiger partial charge in [0.1, 0.15) is 55.3 Å². The Morgan fingerprint density at radius 2 is 1.01 bits per heavy atom. The third-order valence-electron chi connectivity index (χ3n) is 15.0. The number of aliphatic hydroxyl groups is 1. The van der Waals surface area contributed by atoms with Gasteiger partial charge < -0.3 is 55.2 Å². The first-order valence-corrected chi connectivity index (χ1v) is 31.7. The summed E-state index contributed by atoms with van der Waals surface area (Å²) in [6, 6.07) is -3.93. The lowest BCUT2D eigenvalue weighted by molar-refractivity contribution is -0.275. The van der Waals surface area contributed by atoms with Crippen molar-refractivity contribution in [2.45, 2.75) is 334 Å². The number of ether oxygens (including phenoxy) is 6. The van der Waals surface area contributed by atoms with Gasteiger partial charge in [0.05, 0.1) is 13.5 Å². The van der Waals surface area contributed by atoms with Crippen molar-refractivity contribution < 1.29 is 71.9 Å². The van der Waals surface area contributed by atoms with Crippen LogP contribution in [0.5, 0.6) is 0 Å². The van der Waals surface area contributed by atoms with E-state index in [1.54, 1.807) is 0 Å². The zero-order chi connectivity index (χ0) is 60.0. The normalized spacial score (nSPS) is 18.4. The first kappa shape index (κ1) is 74.7. The van der Waals surface area contributed by atoms with Crippen LogP contribution in [0.3, 0.4) is 0 Å². The van der Waals surface area contributed by atoms with Gasteiger partial charge in [0, 0.05) is 26.2 Å². The number of carbonyl (C=O) groups excluding carboxylic acids is 8. The van der Waals surface area contributed by atoms with Gasteiger partial charge in [-0.05, 0) is 46.0 Å². The standard InChI is InChI=1S/C62H112N4O15/c1-8-11-14-17-20-23-25-28-31-34-37-40-53(69)77-45-51-57(72)58(78-47(5)61(75)64-46(4)60(74)66-50(59(63)73)42-43-52(68)76-7)56(65-48(6)67)62(80-51)81-55(71)44-49(39-36-33-30-27-22-19-16-13-10-3)79-54(70)41-38-35-32-29-26-24-21-18-15-12-9-2/h46-47,49-51,56-58,62,72H,8-45H2,1-7H3,(H2,63,73)(H,64,75)(H,65,67)(H,66,74)/t46-,47?,49+,50+,51+,56+,57+,58-,62+/m0/s1. The smallest absolute Gasteiger partial charge is 0.311 e. The lowest BCUT2D eigenvalue weighted by atomic mass is 9.96. The molecule has 1 fully saturated rings. The van der Waals surface area contributed by atoms with Crippen molar-refractivity contribution in [2.75, 3.05) is 13.7 Å². The van der Waals surface area contributed by atoms with Crippen molar-refractivity contribution in [3.63, 3.8) is 0 Å². The Hall–Kier alpha value is -4.36. The minimum Gasteiger partial charge on any atom is -0.469 e. The molecule has 1 unspecified atom stereocenters. The Balaban J connectivity index is 3.27. The van der Waals surface area contributed by atoms with Crippen LogP contribution < -0.4 is 21.7 Å². The zero-order valence-corrected chi connectivity index (χ0v) is 51.3. The molecule has 0 saturated carbocycles. The molecule has 0 radical (unpaired) electrons. The van der Waals surface area contributed by atoms with E-state index >= 15 is 0 Å². The number of primary amides is 1. The van der Waals surface area contributed by atoms with Crippen molar-refractivity contribution in [2.24, 2.45) is 5.73 Å². The van der Waals surface area contributed by atoms with Crippen LogP contribution in [0.25, 0.3) is 0 Å². The monoisotopic (exact) mass is 1150 g/mol. The quantitative estimate of drug-likeness (QED) is 0.0215. The third kappa shape index (κ3) is 37.5. The predicted molar refractivity (Wildman–Crippen MR) is 312 cm³/mol. The highest BCUT2D eigenvalue weighted by Gasteiger charge is 2.50. The van der Waals surface area contributed by atoms with E-state index in [2.05, 4.69) is 41.5 Å². The van der Waals surface area contributed by atoms with E-state index in [0.717, 1.165) is 70.6 Å². The Bertz CT molecular complexity index is 1740. The van der Waals surface area contributed by atoms with Crippen LogP contribution in [0.2, 0.25) is 0 Å². The Labute approximate surface area is 487 Å². The summed E-state index contributed by atoms with van der Waals surface area (Å²) in [6.07, 6.45) is 25.9. The summed E-state index contributed by atoms with van der Waals surface area (Å²) in [6.45, 7) is 10.00. The van der Waals surface area contributed by atoms with Gasteiger partial charge in [-0.25, -0.2) is 0 Å². The van der Waals surface area contributed by atoms with Gasteiger partial charge in [-0.3, -0.25) is 38.4 Å². The van der Waals surface area contributed by atoms with Gasteiger partial charge in [0.2, 0.25) is 29.9 Å². The number of carbonyl (C=O) groups is 8. The van der Waals surface area contributed by atoms with E-state index in [1.807, 2.05) is 0 Å². The second-order valence-electron chi connectivity index (χ2n) is 22.5. The average molecular weight is 1150 g/mol. The SMILES string of the molecule is CCCCCCCCCCCCCC(=O)OC[C@H]1O[C@H](OC(=O)C[C@@H](CCCCCCCCCCC)OC(=O)CCCCCCCCCCCCC)[C@H](NC(C)=O)[C@H](OC(C)C(=O)N[C@@H](C)C(=O)N[C@H](CCC(=O)OC)C(N)=O)[C@@H]1O. The Kier molecular flexibility index (Phi) is 44.3. The van der Waals surface area contributed by atoms with Gasteiger partial charge in [-0.2, -0.15) is 0 Å². The van der Waals surface area contributed by atoms with Crippen LogP contribution in [0, 0.1) is 0 Å². The summed E-state index contributed by atoms with van der Waals surface area (Å²) < 4.78 is 34.5. The maximum atomic E-state index is 14.1. The molecule has 1 rings (SSSR count). The second kappa shape index (κ2) is 48.1. The van der Waals surface area contributed by atoms with Crippen molar-refractivity contribution >= 4 is 47.5 Å². The molecule has 0 aromatic carbocycles. The van der Waals surface area contributed by atoms with Crippen LogP contribution in [-0.4, -0.2) is 121 Å². The van der Waals surface area contributed by atoms with Crippen molar-refractivity contribution in [1.29, 1.82) is 0 Å². The summed E-state index contributed by atoms with van der Waals surface area (Å²) in [7, 11) is 1.18. The minimum atomic E-state index is -1.68. The fraction of sp³-hybridized carbons (Fsp3) is 0.871. The molecule has 0 aliphatic carbocycles. The number of amides is 4. The molecule has 6 N–H and O–H groups in total. The molecule has 1 heterocycles. The zero-order valence-electron chi connectivity index (χ0n) is 51.3. The minimum absolute atomic E-state index is 0.124. The summed E-state index contributed by atoms with van der Waals surface area (Å²) >= 11 is 0.